The van der Waals surface area contributed by atoms with Gasteiger partial charge in [-0.25, -0.2) is 0 Å². The molecule has 1 aromatic rings. The summed E-state index contributed by atoms with van der Waals surface area (Å²) >= 11 is 1.93. The van der Waals surface area contributed by atoms with Crippen LogP contribution in [0.25, 0.3) is 0 Å². The van der Waals surface area contributed by atoms with E-state index < -0.39 is 0 Å². The summed E-state index contributed by atoms with van der Waals surface area (Å²) in [5.74, 6) is 2.58. The van der Waals surface area contributed by atoms with Gasteiger partial charge in [0, 0.05) is 43.7 Å². The SMILES string of the molecule is CN=C(NCc1ccc(C)cc1OCC1CC1)NCC1(SC)CCOCC1. The Bertz CT molecular complexity index is 640. The molecule has 0 atom stereocenters. The molecular formula is C21H33N3O2S. The number of guanidine groups is 1. The van der Waals surface area contributed by atoms with E-state index in [-0.39, 0.29) is 4.75 Å². The smallest absolute Gasteiger partial charge is 0.191 e. The Morgan fingerprint density at radius 2 is 2.07 bits per heavy atom. The third kappa shape index (κ3) is 6.04. The largest absolute Gasteiger partial charge is 0.493 e. The Labute approximate surface area is 167 Å². The second kappa shape index (κ2) is 9.69. The van der Waals surface area contributed by atoms with Crippen molar-refractivity contribution in [3.8, 4) is 5.75 Å². The highest BCUT2D eigenvalue weighted by Gasteiger charge is 2.31. The lowest BCUT2D eigenvalue weighted by molar-refractivity contribution is 0.0783. The second-order valence-corrected chi connectivity index (χ2v) is 8.92. The van der Waals surface area contributed by atoms with Crippen molar-refractivity contribution in [1.82, 2.24) is 10.6 Å². The minimum atomic E-state index is 0.234. The molecule has 27 heavy (non-hydrogen) atoms. The van der Waals surface area contributed by atoms with Crippen molar-refractivity contribution in [3.63, 3.8) is 0 Å². The van der Waals surface area contributed by atoms with E-state index in [4.69, 9.17) is 9.47 Å². The van der Waals surface area contributed by atoms with Gasteiger partial charge in [-0.15, -0.1) is 0 Å². The lowest BCUT2D eigenvalue weighted by atomic mass is 9.99. The van der Waals surface area contributed by atoms with Crippen molar-refractivity contribution in [3.05, 3.63) is 29.3 Å². The summed E-state index contributed by atoms with van der Waals surface area (Å²) in [4.78, 5) is 4.40. The van der Waals surface area contributed by atoms with E-state index in [0.29, 0.717) is 6.54 Å². The van der Waals surface area contributed by atoms with Gasteiger partial charge in [0.05, 0.1) is 6.61 Å². The Hall–Kier alpha value is -1.40. The molecule has 1 aliphatic carbocycles. The fraction of sp³-hybridized carbons (Fsp3) is 0.667. The first-order valence-electron chi connectivity index (χ1n) is 9.94. The number of hydrogen-bond donors (Lipinski definition) is 2. The van der Waals surface area contributed by atoms with E-state index in [1.54, 1.807) is 0 Å². The van der Waals surface area contributed by atoms with Gasteiger partial charge in [-0.3, -0.25) is 4.99 Å². The zero-order valence-electron chi connectivity index (χ0n) is 16.8. The first-order chi connectivity index (χ1) is 13.1. The molecule has 2 aliphatic rings. The number of nitrogens with zero attached hydrogens (tertiary/aromatic N) is 1. The number of hydrogen-bond acceptors (Lipinski definition) is 4. The third-order valence-electron chi connectivity index (χ3n) is 5.48. The Morgan fingerprint density at radius 3 is 2.74 bits per heavy atom. The van der Waals surface area contributed by atoms with Crippen LogP contribution in [-0.2, 0) is 11.3 Å². The van der Waals surface area contributed by atoms with Crippen LogP contribution in [-0.4, -0.2) is 50.4 Å². The molecule has 1 heterocycles. The van der Waals surface area contributed by atoms with Crippen LogP contribution in [0.15, 0.2) is 23.2 Å². The molecule has 5 nitrogen and oxygen atoms in total. The molecule has 1 aromatic carbocycles. The number of nitrogens with one attached hydrogen (secondary N) is 2. The Balaban J connectivity index is 1.54. The fourth-order valence-corrected chi connectivity index (χ4v) is 4.07. The van der Waals surface area contributed by atoms with Crippen LogP contribution >= 0.6 is 11.8 Å². The van der Waals surface area contributed by atoms with Crippen LogP contribution in [0.4, 0.5) is 0 Å². The fourth-order valence-electron chi connectivity index (χ4n) is 3.28. The van der Waals surface area contributed by atoms with E-state index in [0.717, 1.165) is 56.8 Å². The van der Waals surface area contributed by atoms with Crippen molar-refractivity contribution < 1.29 is 9.47 Å². The summed E-state index contributed by atoms with van der Waals surface area (Å²) in [7, 11) is 1.82. The van der Waals surface area contributed by atoms with Gasteiger partial charge in [0.25, 0.3) is 0 Å². The lowest BCUT2D eigenvalue weighted by Gasteiger charge is -2.36. The lowest BCUT2D eigenvalue weighted by Crippen LogP contribution is -2.47. The Morgan fingerprint density at radius 1 is 1.30 bits per heavy atom. The van der Waals surface area contributed by atoms with Crippen LogP contribution < -0.4 is 15.4 Å². The van der Waals surface area contributed by atoms with E-state index in [1.165, 1.54) is 24.0 Å². The highest BCUT2D eigenvalue weighted by Crippen LogP contribution is 2.33. The molecule has 3 rings (SSSR count). The molecule has 2 N–H and O–H groups in total. The molecule has 1 saturated heterocycles. The predicted molar refractivity (Wildman–Crippen MR) is 114 cm³/mol. The molecule has 1 saturated carbocycles. The average Bonchev–Trinajstić information content (AvgIpc) is 3.53. The van der Waals surface area contributed by atoms with E-state index >= 15 is 0 Å². The maximum Gasteiger partial charge on any atom is 0.191 e. The van der Waals surface area contributed by atoms with Gasteiger partial charge in [-0.05, 0) is 56.4 Å². The quantitative estimate of drug-likeness (QED) is 0.526. The van der Waals surface area contributed by atoms with E-state index in [9.17, 15) is 0 Å². The summed E-state index contributed by atoms with van der Waals surface area (Å²) in [5, 5.41) is 6.96. The van der Waals surface area contributed by atoms with Crippen LogP contribution in [0.1, 0.15) is 36.8 Å². The highest BCUT2D eigenvalue weighted by atomic mass is 32.2. The maximum absolute atomic E-state index is 6.08. The molecule has 0 bridgehead atoms. The van der Waals surface area contributed by atoms with Crippen LogP contribution in [0, 0.1) is 12.8 Å². The monoisotopic (exact) mass is 391 g/mol. The number of benzene rings is 1. The van der Waals surface area contributed by atoms with Gasteiger partial charge < -0.3 is 20.1 Å². The van der Waals surface area contributed by atoms with Crippen molar-refractivity contribution in [2.24, 2.45) is 10.9 Å². The van der Waals surface area contributed by atoms with Crippen molar-refractivity contribution in [2.75, 3.05) is 39.7 Å². The summed E-state index contributed by atoms with van der Waals surface area (Å²) in [6, 6.07) is 6.43. The van der Waals surface area contributed by atoms with Crippen molar-refractivity contribution >= 4 is 17.7 Å². The average molecular weight is 392 g/mol. The number of rotatable bonds is 8. The topological polar surface area (TPSA) is 54.9 Å². The number of ether oxygens (including phenoxy) is 2. The van der Waals surface area contributed by atoms with Gasteiger partial charge >= 0.3 is 0 Å². The number of aryl methyl sites for hydroxylation is 1. The van der Waals surface area contributed by atoms with Crippen molar-refractivity contribution in [2.45, 2.75) is 43.9 Å². The maximum atomic E-state index is 6.08. The van der Waals surface area contributed by atoms with Crippen molar-refractivity contribution in [1.29, 1.82) is 0 Å². The highest BCUT2D eigenvalue weighted by molar-refractivity contribution is 8.00. The van der Waals surface area contributed by atoms with Gasteiger partial charge in [-0.1, -0.05) is 12.1 Å². The van der Waals surface area contributed by atoms with Crippen LogP contribution in [0.5, 0.6) is 5.75 Å². The zero-order chi connectivity index (χ0) is 19.1. The normalized spacial score (nSPS) is 19.6. The summed E-state index contributed by atoms with van der Waals surface area (Å²) < 4.78 is 11.8. The van der Waals surface area contributed by atoms with Gasteiger partial charge in [0.15, 0.2) is 5.96 Å². The van der Waals surface area contributed by atoms with Gasteiger partial charge in [0.1, 0.15) is 5.75 Å². The van der Waals surface area contributed by atoms with E-state index in [1.807, 2.05) is 18.8 Å². The number of thioether (sulfide) groups is 1. The Kier molecular flexibility index (Phi) is 7.30. The number of aliphatic imine (C=N–C) groups is 1. The van der Waals surface area contributed by atoms with Crippen LogP contribution in [0.3, 0.4) is 0 Å². The summed E-state index contributed by atoms with van der Waals surface area (Å²) in [5.41, 5.74) is 2.41. The first kappa shape index (κ1) is 20.3. The molecule has 1 aliphatic heterocycles. The first-order valence-corrected chi connectivity index (χ1v) is 11.2. The molecule has 2 fully saturated rings. The van der Waals surface area contributed by atoms with Gasteiger partial charge in [0.2, 0.25) is 0 Å². The zero-order valence-corrected chi connectivity index (χ0v) is 17.7. The molecule has 0 radical (unpaired) electrons. The molecule has 0 spiro atoms. The third-order valence-corrected chi connectivity index (χ3v) is 6.90. The molecule has 0 amide bonds. The van der Waals surface area contributed by atoms with Crippen LogP contribution in [0.2, 0.25) is 0 Å². The second-order valence-electron chi connectivity index (χ2n) is 7.64. The summed E-state index contributed by atoms with van der Waals surface area (Å²) in [6.45, 7) is 6.24. The minimum absolute atomic E-state index is 0.234. The summed E-state index contributed by atoms with van der Waals surface area (Å²) in [6.07, 6.45) is 6.96. The molecule has 0 aromatic heterocycles. The standard InChI is InChI=1S/C21H33N3O2S/c1-16-4-7-18(19(12-16)26-14-17-5-6-17)13-23-20(22-2)24-15-21(27-3)8-10-25-11-9-21/h4,7,12,17H,5-6,8-11,13-15H2,1-3H3,(H2,22,23,24). The molecule has 6 heteroatoms. The molecule has 150 valence electrons. The van der Waals surface area contributed by atoms with Gasteiger partial charge in [-0.2, -0.15) is 11.8 Å². The molecule has 0 unspecified atom stereocenters. The van der Waals surface area contributed by atoms with E-state index in [2.05, 4.69) is 47.0 Å². The minimum Gasteiger partial charge on any atom is -0.493 e. The molecular weight excluding hydrogens is 358 g/mol. The predicted octanol–water partition coefficient (Wildman–Crippen LogP) is 3.36.